The number of amides is 2. The number of nitrogens with zero attached hydrogens (tertiary/aromatic N) is 1. The first-order chi connectivity index (χ1) is 11.8. The maximum absolute atomic E-state index is 12.8. The number of halogens is 3. The molecular weight excluding hydrogens is 353 g/mol. The molecule has 0 aliphatic carbocycles. The summed E-state index contributed by atoms with van der Waals surface area (Å²) in [5.41, 5.74) is 1.70. The monoisotopic (exact) mass is 374 g/mol. The van der Waals surface area contributed by atoms with Gasteiger partial charge in [-0.25, -0.2) is 0 Å². The van der Waals surface area contributed by atoms with E-state index in [4.69, 9.17) is 0 Å². The van der Waals surface area contributed by atoms with E-state index in [2.05, 4.69) is 5.32 Å². The molecule has 1 aromatic carbocycles. The lowest BCUT2D eigenvalue weighted by atomic mass is 9.97. The average Bonchev–Trinajstić information content (AvgIpc) is 2.54. The molecule has 1 aliphatic rings. The van der Waals surface area contributed by atoms with E-state index in [1.807, 2.05) is 25.1 Å². The fraction of sp³-hybridized carbons (Fsp3) is 0.529. The van der Waals surface area contributed by atoms with Crippen molar-refractivity contribution in [3.05, 3.63) is 29.8 Å². The first kappa shape index (κ1) is 19.6. The molecular formula is C17H21F3N2O2S. The van der Waals surface area contributed by atoms with Crippen LogP contribution in [0.5, 0.6) is 0 Å². The van der Waals surface area contributed by atoms with Gasteiger partial charge in [0.15, 0.2) is 0 Å². The molecule has 2 rings (SSSR count). The summed E-state index contributed by atoms with van der Waals surface area (Å²) < 4.78 is 38.3. The van der Waals surface area contributed by atoms with Crippen molar-refractivity contribution in [2.75, 3.05) is 29.9 Å². The minimum absolute atomic E-state index is 0.00577. The zero-order valence-corrected chi connectivity index (χ0v) is 14.8. The SMILES string of the molecule is Cc1cccc(NC(=O)CSCC(=O)N2CCCC(C(F)(F)F)C2)c1. The fourth-order valence-corrected chi connectivity index (χ4v) is 3.43. The molecule has 1 atom stereocenters. The van der Waals surface area contributed by atoms with Crippen molar-refractivity contribution in [3.63, 3.8) is 0 Å². The summed E-state index contributed by atoms with van der Waals surface area (Å²) in [7, 11) is 0. The topological polar surface area (TPSA) is 49.4 Å². The Kier molecular flexibility index (Phi) is 6.75. The Morgan fingerprint density at radius 2 is 2.08 bits per heavy atom. The van der Waals surface area contributed by atoms with Gasteiger partial charge in [-0.3, -0.25) is 9.59 Å². The summed E-state index contributed by atoms with van der Waals surface area (Å²) in [6.45, 7) is 1.98. The Morgan fingerprint density at radius 3 is 2.76 bits per heavy atom. The predicted molar refractivity (Wildman–Crippen MR) is 92.5 cm³/mol. The summed E-state index contributed by atoms with van der Waals surface area (Å²) in [4.78, 5) is 25.2. The van der Waals surface area contributed by atoms with Gasteiger partial charge in [-0.2, -0.15) is 13.2 Å². The maximum atomic E-state index is 12.8. The smallest absolute Gasteiger partial charge is 0.341 e. The Hall–Kier alpha value is -1.70. The highest BCUT2D eigenvalue weighted by molar-refractivity contribution is 8.00. The van der Waals surface area contributed by atoms with E-state index < -0.39 is 12.1 Å². The van der Waals surface area contributed by atoms with Crippen LogP contribution in [0.2, 0.25) is 0 Å². The number of aryl methyl sites for hydroxylation is 1. The fourth-order valence-electron chi connectivity index (χ4n) is 2.71. The lowest BCUT2D eigenvalue weighted by Gasteiger charge is -2.33. The molecule has 1 heterocycles. The lowest BCUT2D eigenvalue weighted by molar-refractivity contribution is -0.187. The van der Waals surface area contributed by atoms with Gasteiger partial charge in [0.05, 0.1) is 17.4 Å². The number of carbonyl (C=O) groups excluding carboxylic acids is 2. The van der Waals surface area contributed by atoms with E-state index in [1.165, 1.54) is 4.90 Å². The molecule has 2 amide bonds. The quantitative estimate of drug-likeness (QED) is 0.859. The van der Waals surface area contributed by atoms with Gasteiger partial charge in [0, 0.05) is 18.8 Å². The number of thioether (sulfide) groups is 1. The average molecular weight is 374 g/mol. The molecule has 8 heteroatoms. The summed E-state index contributed by atoms with van der Waals surface area (Å²) in [5.74, 6) is -1.94. The zero-order chi connectivity index (χ0) is 18.4. The van der Waals surface area contributed by atoms with Crippen molar-refractivity contribution in [1.82, 2.24) is 4.90 Å². The number of piperidine rings is 1. The molecule has 0 spiro atoms. The van der Waals surface area contributed by atoms with Crippen LogP contribution in [-0.2, 0) is 9.59 Å². The second kappa shape index (κ2) is 8.60. The first-order valence-electron chi connectivity index (χ1n) is 8.04. The van der Waals surface area contributed by atoms with Crippen LogP contribution >= 0.6 is 11.8 Å². The standard InChI is InChI=1S/C17H21F3N2O2S/c1-12-4-2-6-14(8-12)21-15(23)10-25-11-16(24)22-7-3-5-13(9-22)17(18,19)20/h2,4,6,8,13H,3,5,7,9-11H2,1H3,(H,21,23). The van der Waals surface area contributed by atoms with Gasteiger partial charge < -0.3 is 10.2 Å². The van der Waals surface area contributed by atoms with Crippen molar-refractivity contribution in [2.45, 2.75) is 25.9 Å². The third-order valence-corrected chi connectivity index (χ3v) is 4.91. The molecule has 1 aromatic rings. The Bertz CT molecular complexity index is 622. The minimum atomic E-state index is -4.26. The van der Waals surface area contributed by atoms with Crippen LogP contribution in [0.15, 0.2) is 24.3 Å². The van der Waals surface area contributed by atoms with Crippen LogP contribution in [0.4, 0.5) is 18.9 Å². The van der Waals surface area contributed by atoms with Crippen LogP contribution < -0.4 is 5.32 Å². The van der Waals surface area contributed by atoms with Crippen molar-refractivity contribution in [1.29, 1.82) is 0 Å². The number of carbonyl (C=O) groups is 2. The highest BCUT2D eigenvalue weighted by Crippen LogP contribution is 2.33. The van der Waals surface area contributed by atoms with Crippen LogP contribution in [0.1, 0.15) is 18.4 Å². The molecule has 1 fully saturated rings. The third-order valence-electron chi connectivity index (χ3n) is 4.00. The van der Waals surface area contributed by atoms with Crippen LogP contribution in [0.3, 0.4) is 0 Å². The predicted octanol–water partition coefficient (Wildman–Crippen LogP) is 3.47. The zero-order valence-electron chi connectivity index (χ0n) is 13.9. The third kappa shape index (κ3) is 6.26. The number of benzene rings is 1. The molecule has 0 saturated carbocycles. The molecule has 4 nitrogen and oxygen atoms in total. The molecule has 138 valence electrons. The summed E-state index contributed by atoms with van der Waals surface area (Å²) >= 11 is 1.11. The Balaban J connectivity index is 1.73. The molecule has 1 aliphatic heterocycles. The largest absolute Gasteiger partial charge is 0.393 e. The minimum Gasteiger partial charge on any atom is -0.341 e. The van der Waals surface area contributed by atoms with Gasteiger partial charge in [-0.05, 0) is 37.5 Å². The number of rotatable bonds is 5. The van der Waals surface area contributed by atoms with Crippen LogP contribution in [0, 0.1) is 12.8 Å². The van der Waals surface area contributed by atoms with Crippen molar-refractivity contribution in [3.8, 4) is 0 Å². The van der Waals surface area contributed by atoms with Gasteiger partial charge in [-0.1, -0.05) is 12.1 Å². The molecule has 0 bridgehead atoms. The first-order valence-corrected chi connectivity index (χ1v) is 9.20. The molecule has 0 radical (unpaired) electrons. The van der Waals surface area contributed by atoms with Crippen LogP contribution in [0.25, 0.3) is 0 Å². The van der Waals surface area contributed by atoms with Gasteiger partial charge in [0.2, 0.25) is 11.8 Å². The highest BCUT2D eigenvalue weighted by Gasteiger charge is 2.42. The molecule has 0 aromatic heterocycles. The Labute approximate surface area is 149 Å². The second-order valence-electron chi connectivity index (χ2n) is 6.13. The van der Waals surface area contributed by atoms with Gasteiger partial charge in [0.25, 0.3) is 0 Å². The van der Waals surface area contributed by atoms with Crippen molar-refractivity contribution in [2.24, 2.45) is 5.92 Å². The summed E-state index contributed by atoms with van der Waals surface area (Å²) in [6.07, 6.45) is -3.84. The van der Waals surface area contributed by atoms with E-state index in [9.17, 15) is 22.8 Å². The molecule has 1 unspecified atom stereocenters. The maximum Gasteiger partial charge on any atom is 0.393 e. The normalized spacial score (nSPS) is 18.1. The van der Waals surface area contributed by atoms with E-state index in [-0.39, 0.29) is 36.3 Å². The highest BCUT2D eigenvalue weighted by atomic mass is 32.2. The van der Waals surface area contributed by atoms with E-state index in [0.29, 0.717) is 18.7 Å². The van der Waals surface area contributed by atoms with E-state index >= 15 is 0 Å². The summed E-state index contributed by atoms with van der Waals surface area (Å²) in [5, 5.41) is 2.73. The number of alkyl halides is 3. The van der Waals surface area contributed by atoms with E-state index in [0.717, 1.165) is 17.3 Å². The van der Waals surface area contributed by atoms with Gasteiger partial charge in [-0.15, -0.1) is 11.8 Å². The number of nitrogens with one attached hydrogen (secondary N) is 1. The van der Waals surface area contributed by atoms with E-state index in [1.54, 1.807) is 6.07 Å². The molecule has 1 saturated heterocycles. The van der Waals surface area contributed by atoms with Crippen molar-refractivity contribution >= 4 is 29.3 Å². The number of likely N-dealkylation sites (tertiary alicyclic amines) is 1. The van der Waals surface area contributed by atoms with Crippen LogP contribution in [-0.4, -0.2) is 47.5 Å². The number of anilines is 1. The molecule has 1 N–H and O–H groups in total. The summed E-state index contributed by atoms with van der Waals surface area (Å²) in [6, 6.07) is 7.34. The van der Waals surface area contributed by atoms with Gasteiger partial charge in [0.1, 0.15) is 0 Å². The number of hydrogen-bond donors (Lipinski definition) is 1. The Morgan fingerprint density at radius 1 is 1.32 bits per heavy atom. The second-order valence-corrected chi connectivity index (χ2v) is 7.12. The molecule has 25 heavy (non-hydrogen) atoms. The lowest BCUT2D eigenvalue weighted by Crippen LogP contribution is -2.45. The van der Waals surface area contributed by atoms with Crippen molar-refractivity contribution < 1.29 is 22.8 Å². The van der Waals surface area contributed by atoms with Gasteiger partial charge >= 0.3 is 6.18 Å². The number of hydrogen-bond acceptors (Lipinski definition) is 3.